The number of nitrogens with zero attached hydrogens (tertiary/aromatic N) is 3. The van der Waals surface area contributed by atoms with E-state index in [9.17, 15) is 14.0 Å². The van der Waals surface area contributed by atoms with Gasteiger partial charge in [-0.15, -0.1) is 0 Å². The average Bonchev–Trinajstić information content (AvgIpc) is 3.30. The van der Waals surface area contributed by atoms with Crippen LogP contribution >= 0.6 is 0 Å². The Bertz CT molecular complexity index is 1310. The van der Waals surface area contributed by atoms with Crippen molar-refractivity contribution in [1.29, 1.82) is 0 Å². The SMILES string of the molecule is O=C(c1ccc(-n2cnc3ccccc3c2=O)cc1)N1CCC[C@H]1c1ccc(F)cc1. The number of likely N-dealkylation sites (tertiary alicyclic amines) is 1. The smallest absolute Gasteiger partial charge is 0.265 e. The summed E-state index contributed by atoms with van der Waals surface area (Å²) in [5.41, 5.74) is 2.64. The number of rotatable bonds is 3. The second-order valence-corrected chi connectivity index (χ2v) is 7.69. The predicted molar refractivity (Wildman–Crippen MR) is 117 cm³/mol. The summed E-state index contributed by atoms with van der Waals surface area (Å²) in [5, 5.41) is 0.546. The number of carbonyl (C=O) groups excluding carboxylic acids is 1. The quantitative estimate of drug-likeness (QED) is 0.497. The Morgan fingerprint density at radius 2 is 1.71 bits per heavy atom. The number of carbonyl (C=O) groups is 1. The number of para-hydroxylation sites is 1. The number of halogens is 1. The predicted octanol–water partition coefficient (Wildman–Crippen LogP) is 4.50. The molecule has 0 unspecified atom stereocenters. The number of benzene rings is 3. The zero-order chi connectivity index (χ0) is 21.4. The Kier molecular flexibility index (Phi) is 4.82. The maximum Gasteiger partial charge on any atom is 0.265 e. The van der Waals surface area contributed by atoms with Gasteiger partial charge in [-0.05, 0) is 66.9 Å². The van der Waals surface area contributed by atoms with Crippen LogP contribution in [0.3, 0.4) is 0 Å². The summed E-state index contributed by atoms with van der Waals surface area (Å²) in [7, 11) is 0. The van der Waals surface area contributed by atoms with Crippen LogP contribution in [0.4, 0.5) is 4.39 Å². The monoisotopic (exact) mass is 413 g/mol. The lowest BCUT2D eigenvalue weighted by molar-refractivity contribution is 0.0735. The molecule has 6 heteroatoms. The van der Waals surface area contributed by atoms with Crippen LogP contribution in [0.25, 0.3) is 16.6 Å². The van der Waals surface area contributed by atoms with E-state index in [4.69, 9.17) is 0 Å². The van der Waals surface area contributed by atoms with Gasteiger partial charge in [-0.1, -0.05) is 24.3 Å². The first kappa shape index (κ1) is 19.2. The summed E-state index contributed by atoms with van der Waals surface area (Å²) in [6, 6.07) is 20.5. The van der Waals surface area contributed by atoms with Crippen LogP contribution in [0.15, 0.2) is 83.9 Å². The maximum absolute atomic E-state index is 13.3. The highest BCUT2D eigenvalue weighted by Gasteiger charge is 2.30. The van der Waals surface area contributed by atoms with Gasteiger partial charge >= 0.3 is 0 Å². The summed E-state index contributed by atoms with van der Waals surface area (Å²) in [4.78, 5) is 32.1. The van der Waals surface area contributed by atoms with Gasteiger partial charge in [-0.25, -0.2) is 9.37 Å². The minimum atomic E-state index is -0.284. The highest BCUT2D eigenvalue weighted by Crippen LogP contribution is 2.33. The number of hydrogen-bond donors (Lipinski definition) is 0. The normalized spacial score (nSPS) is 16.0. The van der Waals surface area contributed by atoms with Gasteiger partial charge in [0.2, 0.25) is 0 Å². The van der Waals surface area contributed by atoms with Crippen molar-refractivity contribution in [2.45, 2.75) is 18.9 Å². The van der Waals surface area contributed by atoms with Crippen LogP contribution < -0.4 is 5.56 Å². The minimum absolute atomic E-state index is 0.0555. The van der Waals surface area contributed by atoms with Gasteiger partial charge < -0.3 is 4.90 Å². The summed E-state index contributed by atoms with van der Waals surface area (Å²) in [6.45, 7) is 0.663. The van der Waals surface area contributed by atoms with Crippen molar-refractivity contribution in [3.8, 4) is 5.69 Å². The molecule has 1 amide bonds. The lowest BCUT2D eigenvalue weighted by atomic mass is 10.0. The van der Waals surface area contributed by atoms with E-state index in [1.165, 1.54) is 23.0 Å². The van der Waals surface area contributed by atoms with Gasteiger partial charge in [0.05, 0.1) is 22.6 Å². The van der Waals surface area contributed by atoms with Crippen LogP contribution in [-0.4, -0.2) is 26.9 Å². The first-order valence-electron chi connectivity index (χ1n) is 10.2. The topological polar surface area (TPSA) is 55.2 Å². The number of amides is 1. The Labute approximate surface area is 178 Å². The van der Waals surface area contributed by atoms with Gasteiger partial charge in [-0.3, -0.25) is 14.2 Å². The Morgan fingerprint density at radius 3 is 2.48 bits per heavy atom. The van der Waals surface area contributed by atoms with Gasteiger partial charge in [0.15, 0.2) is 0 Å². The molecule has 0 saturated carbocycles. The van der Waals surface area contributed by atoms with E-state index in [0.717, 1.165) is 18.4 Å². The van der Waals surface area contributed by atoms with E-state index in [2.05, 4.69) is 4.98 Å². The fraction of sp³-hybridized carbons (Fsp3) is 0.160. The molecule has 1 aliphatic rings. The number of fused-ring (bicyclic) bond motifs is 1. The van der Waals surface area contributed by atoms with Gasteiger partial charge in [0.25, 0.3) is 11.5 Å². The van der Waals surface area contributed by atoms with Crippen LogP contribution in [0.1, 0.15) is 34.8 Å². The second-order valence-electron chi connectivity index (χ2n) is 7.69. The summed E-state index contributed by atoms with van der Waals surface area (Å²) >= 11 is 0. The standard InChI is InChI=1S/C25H20FN3O2/c26-19-11-7-17(8-12-19)23-6-3-15-28(23)24(30)18-9-13-20(14-10-18)29-16-27-22-5-2-1-4-21(22)25(29)31/h1-2,4-5,7-14,16,23H,3,6,15H2/t23-/m0/s1. The molecule has 0 radical (unpaired) electrons. The van der Waals surface area contributed by atoms with Crippen molar-refractivity contribution < 1.29 is 9.18 Å². The molecule has 0 N–H and O–H groups in total. The zero-order valence-electron chi connectivity index (χ0n) is 16.7. The van der Waals surface area contributed by atoms with Crippen LogP contribution in [-0.2, 0) is 0 Å². The highest BCUT2D eigenvalue weighted by atomic mass is 19.1. The second kappa shape index (κ2) is 7.80. The molecule has 1 saturated heterocycles. The molecule has 1 aromatic heterocycles. The van der Waals surface area contributed by atoms with Crippen molar-refractivity contribution in [2.75, 3.05) is 6.54 Å². The summed E-state index contributed by atoms with van der Waals surface area (Å²) in [6.07, 6.45) is 3.27. The van der Waals surface area contributed by atoms with E-state index < -0.39 is 0 Å². The summed E-state index contributed by atoms with van der Waals surface area (Å²) in [5.74, 6) is -0.351. The third-order valence-electron chi connectivity index (χ3n) is 5.83. The summed E-state index contributed by atoms with van der Waals surface area (Å²) < 4.78 is 14.8. The maximum atomic E-state index is 13.3. The molecule has 1 atom stereocenters. The van der Waals surface area contributed by atoms with Gasteiger partial charge in [-0.2, -0.15) is 0 Å². The minimum Gasteiger partial charge on any atom is -0.332 e. The zero-order valence-corrected chi connectivity index (χ0v) is 16.7. The fourth-order valence-corrected chi connectivity index (χ4v) is 4.22. The number of aromatic nitrogens is 2. The van der Waals surface area contributed by atoms with Gasteiger partial charge in [0, 0.05) is 12.1 Å². The molecule has 2 heterocycles. The fourth-order valence-electron chi connectivity index (χ4n) is 4.22. The Hall–Kier alpha value is -3.80. The average molecular weight is 413 g/mol. The molecule has 154 valence electrons. The molecule has 5 nitrogen and oxygen atoms in total. The molecule has 5 rings (SSSR count). The van der Waals surface area contributed by atoms with Gasteiger partial charge in [0.1, 0.15) is 12.1 Å². The lowest BCUT2D eigenvalue weighted by Gasteiger charge is -2.25. The molecule has 3 aromatic carbocycles. The van der Waals surface area contributed by atoms with Crippen molar-refractivity contribution in [3.63, 3.8) is 0 Å². The molecular formula is C25H20FN3O2. The molecule has 4 aromatic rings. The molecular weight excluding hydrogens is 393 g/mol. The van der Waals surface area contributed by atoms with Crippen LogP contribution in [0.2, 0.25) is 0 Å². The first-order valence-corrected chi connectivity index (χ1v) is 10.2. The number of hydrogen-bond acceptors (Lipinski definition) is 3. The van der Waals surface area contributed by atoms with E-state index in [-0.39, 0.29) is 23.3 Å². The molecule has 0 bridgehead atoms. The molecule has 31 heavy (non-hydrogen) atoms. The van der Waals surface area contributed by atoms with Crippen molar-refractivity contribution >= 4 is 16.8 Å². The molecule has 0 spiro atoms. The Morgan fingerprint density at radius 1 is 0.968 bits per heavy atom. The van der Waals surface area contributed by atoms with Crippen LogP contribution in [0.5, 0.6) is 0 Å². The largest absolute Gasteiger partial charge is 0.332 e. The molecule has 1 aliphatic heterocycles. The third-order valence-corrected chi connectivity index (χ3v) is 5.83. The molecule has 0 aliphatic carbocycles. The third kappa shape index (κ3) is 3.50. The highest BCUT2D eigenvalue weighted by molar-refractivity contribution is 5.95. The van der Waals surface area contributed by atoms with Crippen molar-refractivity contribution in [2.24, 2.45) is 0 Å². The van der Waals surface area contributed by atoms with E-state index in [1.54, 1.807) is 48.5 Å². The van der Waals surface area contributed by atoms with Crippen molar-refractivity contribution in [3.05, 3.63) is 106 Å². The van der Waals surface area contributed by atoms with Crippen molar-refractivity contribution in [1.82, 2.24) is 14.5 Å². The first-order chi connectivity index (χ1) is 15.1. The van der Waals surface area contributed by atoms with E-state index in [1.807, 2.05) is 17.0 Å². The Balaban J connectivity index is 1.42. The molecule has 1 fully saturated rings. The van der Waals surface area contributed by atoms with E-state index >= 15 is 0 Å². The van der Waals surface area contributed by atoms with Crippen LogP contribution in [0, 0.1) is 5.82 Å². The van der Waals surface area contributed by atoms with E-state index in [0.29, 0.717) is 28.7 Å². The lowest BCUT2D eigenvalue weighted by Crippen LogP contribution is -2.30.